The lowest BCUT2D eigenvalue weighted by Gasteiger charge is -2.15. The summed E-state index contributed by atoms with van der Waals surface area (Å²) in [5, 5.41) is 0. The Labute approximate surface area is 85.9 Å². The molecule has 0 atom stereocenters. The number of ether oxygens (including phenoxy) is 1. The van der Waals surface area contributed by atoms with E-state index in [1.165, 1.54) is 0 Å². The molecule has 0 spiro atoms. The molecule has 0 aliphatic carbocycles. The summed E-state index contributed by atoms with van der Waals surface area (Å²) >= 11 is 0. The van der Waals surface area contributed by atoms with E-state index in [4.69, 9.17) is 0 Å². The van der Waals surface area contributed by atoms with Crippen LogP contribution in [0.25, 0.3) is 0 Å². The summed E-state index contributed by atoms with van der Waals surface area (Å²) in [6, 6.07) is 0. The largest absolute Gasteiger partial charge is 0.492 e. The third kappa shape index (κ3) is 2.20. The molecule has 2 nitrogen and oxygen atoms in total. The lowest BCUT2D eigenvalue weighted by Crippen LogP contribution is -2.13. The number of hydrogen-bond donors (Lipinski definition) is 0. The Bertz CT molecular complexity index is 389. The van der Waals surface area contributed by atoms with Gasteiger partial charge in [0, 0.05) is 6.20 Å². The van der Waals surface area contributed by atoms with Crippen LogP contribution in [0.5, 0.6) is 5.75 Å². The molecule has 1 aromatic heterocycles. The van der Waals surface area contributed by atoms with Crippen molar-refractivity contribution in [3.8, 4) is 5.75 Å². The minimum Gasteiger partial charge on any atom is -0.492 e. The SMILES string of the molecule is COc1c(F)ncc(C(F)(F)F)c1C(F)F. The molecule has 0 aliphatic rings. The molecule has 0 saturated heterocycles. The molecule has 16 heavy (non-hydrogen) atoms. The van der Waals surface area contributed by atoms with Gasteiger partial charge in [-0.1, -0.05) is 0 Å². The van der Waals surface area contributed by atoms with E-state index in [0.29, 0.717) is 0 Å². The number of halogens is 6. The van der Waals surface area contributed by atoms with Crippen LogP contribution in [-0.2, 0) is 6.18 Å². The van der Waals surface area contributed by atoms with Gasteiger partial charge >= 0.3 is 6.18 Å². The van der Waals surface area contributed by atoms with Gasteiger partial charge < -0.3 is 4.74 Å². The summed E-state index contributed by atoms with van der Waals surface area (Å²) in [5.41, 5.74) is -3.25. The number of methoxy groups -OCH3 is 1. The van der Waals surface area contributed by atoms with Crippen LogP contribution in [0, 0.1) is 5.95 Å². The normalized spacial score (nSPS) is 12.0. The number of nitrogens with zero attached hydrogens (tertiary/aromatic N) is 1. The summed E-state index contributed by atoms with van der Waals surface area (Å²) in [6.07, 6.45) is -8.54. The van der Waals surface area contributed by atoms with Gasteiger partial charge in [0.15, 0.2) is 5.75 Å². The molecule has 90 valence electrons. The van der Waals surface area contributed by atoms with E-state index in [9.17, 15) is 26.3 Å². The quantitative estimate of drug-likeness (QED) is 0.589. The fraction of sp³-hybridized carbons (Fsp3) is 0.375. The van der Waals surface area contributed by atoms with Crippen LogP contribution in [0.4, 0.5) is 26.3 Å². The molecule has 0 aliphatic heterocycles. The highest BCUT2D eigenvalue weighted by atomic mass is 19.4. The first-order chi connectivity index (χ1) is 7.29. The maximum atomic E-state index is 12.8. The van der Waals surface area contributed by atoms with E-state index in [1.807, 2.05) is 0 Å². The Balaban J connectivity index is 3.52. The first-order valence-electron chi connectivity index (χ1n) is 3.86. The lowest BCUT2D eigenvalue weighted by atomic mass is 10.1. The van der Waals surface area contributed by atoms with Crippen molar-refractivity contribution in [1.82, 2.24) is 4.98 Å². The fourth-order valence-electron chi connectivity index (χ4n) is 1.12. The van der Waals surface area contributed by atoms with Crippen LogP contribution in [0.2, 0.25) is 0 Å². The summed E-state index contributed by atoms with van der Waals surface area (Å²) < 4.78 is 78.7. The predicted molar refractivity (Wildman–Crippen MR) is 40.7 cm³/mol. The Morgan fingerprint density at radius 3 is 2.25 bits per heavy atom. The lowest BCUT2D eigenvalue weighted by molar-refractivity contribution is -0.140. The van der Waals surface area contributed by atoms with Crippen LogP contribution in [-0.4, -0.2) is 12.1 Å². The van der Waals surface area contributed by atoms with E-state index >= 15 is 0 Å². The Morgan fingerprint density at radius 1 is 1.31 bits per heavy atom. The summed E-state index contributed by atoms with van der Waals surface area (Å²) in [7, 11) is 0.784. The van der Waals surface area contributed by atoms with Gasteiger partial charge in [-0.2, -0.15) is 17.6 Å². The van der Waals surface area contributed by atoms with Gasteiger partial charge in [0.2, 0.25) is 0 Å². The van der Waals surface area contributed by atoms with Crippen LogP contribution in [0.3, 0.4) is 0 Å². The van der Waals surface area contributed by atoms with E-state index in [-0.39, 0.29) is 6.20 Å². The maximum absolute atomic E-state index is 12.8. The first-order valence-corrected chi connectivity index (χ1v) is 3.86. The van der Waals surface area contributed by atoms with Gasteiger partial charge in [0.1, 0.15) is 0 Å². The van der Waals surface area contributed by atoms with Crippen LogP contribution >= 0.6 is 0 Å². The number of hydrogen-bond acceptors (Lipinski definition) is 2. The number of pyridine rings is 1. The van der Waals surface area contributed by atoms with Gasteiger partial charge in [0.25, 0.3) is 12.4 Å². The molecular weight excluding hydrogens is 240 g/mol. The summed E-state index contributed by atoms with van der Waals surface area (Å²) in [5.74, 6) is -2.70. The second-order valence-electron chi connectivity index (χ2n) is 2.71. The molecule has 0 bridgehead atoms. The zero-order chi connectivity index (χ0) is 12.5. The van der Waals surface area contributed by atoms with Crippen molar-refractivity contribution in [2.45, 2.75) is 12.6 Å². The summed E-state index contributed by atoms with van der Waals surface area (Å²) in [6.45, 7) is 0. The van der Waals surface area contributed by atoms with Crippen molar-refractivity contribution in [2.75, 3.05) is 7.11 Å². The van der Waals surface area contributed by atoms with Gasteiger partial charge in [-0.25, -0.2) is 13.8 Å². The fourth-order valence-corrected chi connectivity index (χ4v) is 1.12. The topological polar surface area (TPSA) is 22.1 Å². The molecule has 0 unspecified atom stereocenters. The molecule has 1 aromatic rings. The molecular formula is C8H5F6NO. The van der Waals surface area contributed by atoms with Gasteiger partial charge in [0.05, 0.1) is 18.2 Å². The molecule has 0 fully saturated rings. The molecule has 1 heterocycles. The zero-order valence-electron chi connectivity index (χ0n) is 7.78. The number of rotatable bonds is 2. The van der Waals surface area contributed by atoms with E-state index < -0.39 is 35.4 Å². The highest BCUT2D eigenvalue weighted by Crippen LogP contribution is 2.41. The minimum absolute atomic E-state index is 0.0132. The van der Waals surface area contributed by atoms with Crippen molar-refractivity contribution in [3.63, 3.8) is 0 Å². The maximum Gasteiger partial charge on any atom is 0.418 e. The third-order valence-corrected chi connectivity index (χ3v) is 1.76. The molecule has 8 heteroatoms. The van der Waals surface area contributed by atoms with Crippen molar-refractivity contribution >= 4 is 0 Å². The highest BCUT2D eigenvalue weighted by Gasteiger charge is 2.39. The average molecular weight is 245 g/mol. The van der Waals surface area contributed by atoms with Crippen LogP contribution < -0.4 is 4.74 Å². The molecule has 1 rings (SSSR count). The number of aromatic nitrogens is 1. The second-order valence-corrected chi connectivity index (χ2v) is 2.71. The monoisotopic (exact) mass is 245 g/mol. The van der Waals surface area contributed by atoms with Gasteiger partial charge in [-0.3, -0.25) is 0 Å². The molecule has 0 radical (unpaired) electrons. The standard InChI is InChI=1S/C8H5F6NO/c1-16-5-4(6(9)10)3(8(12,13)14)2-15-7(5)11/h2,6H,1H3. The third-order valence-electron chi connectivity index (χ3n) is 1.76. The smallest absolute Gasteiger partial charge is 0.418 e. The van der Waals surface area contributed by atoms with Crippen LogP contribution in [0.1, 0.15) is 17.6 Å². The molecule has 0 aromatic carbocycles. The van der Waals surface area contributed by atoms with E-state index in [0.717, 1.165) is 7.11 Å². The predicted octanol–water partition coefficient (Wildman–Crippen LogP) is 3.19. The summed E-state index contributed by atoms with van der Waals surface area (Å²) in [4.78, 5) is 2.71. The highest BCUT2D eigenvalue weighted by molar-refractivity contribution is 5.40. The number of alkyl halides is 5. The Morgan fingerprint density at radius 2 is 1.88 bits per heavy atom. The molecule has 0 N–H and O–H groups in total. The van der Waals surface area contributed by atoms with Crippen molar-refractivity contribution in [1.29, 1.82) is 0 Å². The van der Waals surface area contributed by atoms with E-state index in [2.05, 4.69) is 9.72 Å². The molecule has 0 saturated carbocycles. The van der Waals surface area contributed by atoms with Crippen LogP contribution in [0.15, 0.2) is 6.20 Å². The Kier molecular flexibility index (Phi) is 3.30. The van der Waals surface area contributed by atoms with Crippen molar-refractivity contribution in [2.24, 2.45) is 0 Å². The van der Waals surface area contributed by atoms with Crippen molar-refractivity contribution < 1.29 is 31.1 Å². The first kappa shape index (κ1) is 12.6. The van der Waals surface area contributed by atoms with E-state index in [1.54, 1.807) is 0 Å². The zero-order valence-corrected chi connectivity index (χ0v) is 7.78. The van der Waals surface area contributed by atoms with Gasteiger partial charge in [-0.05, 0) is 0 Å². The molecule has 0 amide bonds. The van der Waals surface area contributed by atoms with Gasteiger partial charge in [-0.15, -0.1) is 0 Å². The minimum atomic E-state index is -5.04. The second kappa shape index (κ2) is 4.18. The van der Waals surface area contributed by atoms with Crippen molar-refractivity contribution in [3.05, 3.63) is 23.3 Å². The Hall–Kier alpha value is -1.47. The average Bonchev–Trinajstić information content (AvgIpc) is 2.14.